The van der Waals surface area contributed by atoms with Crippen LogP contribution in [0.25, 0.3) is 5.65 Å². The normalized spacial score (nSPS) is 18.3. The molecule has 1 fully saturated rings. The fourth-order valence-electron chi connectivity index (χ4n) is 2.82. The summed E-state index contributed by atoms with van der Waals surface area (Å²) in [5.74, 6) is 0.0207. The highest BCUT2D eigenvalue weighted by atomic mass is 16.2. The quantitative estimate of drug-likeness (QED) is 0.742. The van der Waals surface area contributed by atoms with Crippen molar-refractivity contribution < 1.29 is 4.79 Å². The molecule has 2 aromatic heterocycles. The van der Waals surface area contributed by atoms with E-state index in [0.717, 1.165) is 36.3 Å². The molecule has 7 nitrogen and oxygen atoms in total. The van der Waals surface area contributed by atoms with E-state index in [-0.39, 0.29) is 17.5 Å². The Morgan fingerprint density at radius 1 is 1.52 bits per heavy atom. The van der Waals surface area contributed by atoms with Crippen LogP contribution in [0.2, 0.25) is 0 Å². The minimum absolute atomic E-state index is 0.0207. The number of rotatable bonds is 3. The van der Waals surface area contributed by atoms with Gasteiger partial charge in [-0.25, -0.2) is 9.50 Å². The lowest BCUT2D eigenvalue weighted by atomic mass is 10.1. The fourth-order valence-corrected chi connectivity index (χ4v) is 2.82. The third-order valence-corrected chi connectivity index (χ3v) is 4.02. The van der Waals surface area contributed by atoms with Crippen LogP contribution in [-0.2, 0) is 11.3 Å². The molecule has 2 aromatic rings. The first kappa shape index (κ1) is 13.8. The summed E-state index contributed by atoms with van der Waals surface area (Å²) in [5.41, 5.74) is 3.06. The van der Waals surface area contributed by atoms with Crippen LogP contribution in [0.3, 0.4) is 0 Å². The zero-order valence-electron chi connectivity index (χ0n) is 12.2. The van der Waals surface area contributed by atoms with E-state index in [1.807, 2.05) is 13.8 Å². The minimum atomic E-state index is -0.179. The van der Waals surface area contributed by atoms with Gasteiger partial charge in [0.05, 0.1) is 6.04 Å². The highest BCUT2D eigenvalue weighted by molar-refractivity contribution is 5.82. The van der Waals surface area contributed by atoms with Gasteiger partial charge in [-0.15, -0.1) is 0 Å². The van der Waals surface area contributed by atoms with Crippen molar-refractivity contribution in [1.82, 2.24) is 25.2 Å². The van der Waals surface area contributed by atoms with E-state index in [1.165, 1.54) is 6.07 Å². The second-order valence-electron chi connectivity index (χ2n) is 5.44. The molecule has 1 aliphatic heterocycles. The molecular weight excluding hydrogens is 270 g/mol. The average molecular weight is 289 g/mol. The summed E-state index contributed by atoms with van der Waals surface area (Å²) < 4.78 is 1.66. The zero-order chi connectivity index (χ0) is 15.0. The lowest BCUT2D eigenvalue weighted by Gasteiger charge is -2.14. The SMILES string of the molecule is Cc1nc2cc(=O)[nH]n2c(C)c1CNC(=O)[C@H]1CCCN1. The molecule has 0 aromatic carbocycles. The maximum absolute atomic E-state index is 12.1. The van der Waals surface area contributed by atoms with Crippen LogP contribution < -0.4 is 16.2 Å². The summed E-state index contributed by atoms with van der Waals surface area (Å²) in [6, 6.07) is 1.37. The number of hydrogen-bond acceptors (Lipinski definition) is 4. The fraction of sp³-hybridized carbons (Fsp3) is 0.500. The van der Waals surface area contributed by atoms with Gasteiger partial charge in [-0.1, -0.05) is 0 Å². The van der Waals surface area contributed by atoms with Crippen molar-refractivity contribution >= 4 is 11.6 Å². The Labute approximate surface area is 121 Å². The topological polar surface area (TPSA) is 91.3 Å². The van der Waals surface area contributed by atoms with Gasteiger partial charge in [0, 0.05) is 29.6 Å². The van der Waals surface area contributed by atoms with Gasteiger partial charge in [0.2, 0.25) is 5.91 Å². The second-order valence-corrected chi connectivity index (χ2v) is 5.44. The van der Waals surface area contributed by atoms with E-state index in [9.17, 15) is 9.59 Å². The highest BCUT2D eigenvalue weighted by Gasteiger charge is 2.22. The summed E-state index contributed by atoms with van der Waals surface area (Å²) in [6.45, 7) is 5.11. The van der Waals surface area contributed by atoms with E-state index in [1.54, 1.807) is 4.52 Å². The summed E-state index contributed by atoms with van der Waals surface area (Å²) in [6.07, 6.45) is 1.92. The van der Waals surface area contributed by atoms with Gasteiger partial charge in [0.15, 0.2) is 5.65 Å². The highest BCUT2D eigenvalue weighted by Crippen LogP contribution is 2.13. The molecule has 1 amide bonds. The van der Waals surface area contributed by atoms with E-state index in [4.69, 9.17) is 0 Å². The Kier molecular flexibility index (Phi) is 3.50. The number of amides is 1. The number of carbonyl (C=O) groups excluding carboxylic acids is 1. The third kappa shape index (κ3) is 2.56. The Balaban J connectivity index is 1.83. The Bertz CT molecular complexity index is 740. The molecule has 0 spiro atoms. The van der Waals surface area contributed by atoms with Crippen LogP contribution in [0.4, 0.5) is 0 Å². The molecule has 0 bridgehead atoms. The summed E-state index contributed by atoms with van der Waals surface area (Å²) >= 11 is 0. The van der Waals surface area contributed by atoms with Crippen LogP contribution in [0, 0.1) is 13.8 Å². The van der Waals surface area contributed by atoms with Crippen LogP contribution in [0.1, 0.15) is 29.8 Å². The average Bonchev–Trinajstić information content (AvgIpc) is 3.07. The second kappa shape index (κ2) is 5.33. The van der Waals surface area contributed by atoms with Gasteiger partial charge in [0.1, 0.15) is 0 Å². The van der Waals surface area contributed by atoms with Crippen molar-refractivity contribution in [3.63, 3.8) is 0 Å². The number of H-pyrrole nitrogens is 1. The molecule has 0 radical (unpaired) electrons. The molecule has 112 valence electrons. The first-order valence-corrected chi connectivity index (χ1v) is 7.15. The molecule has 3 N–H and O–H groups in total. The number of nitrogens with one attached hydrogen (secondary N) is 3. The zero-order valence-corrected chi connectivity index (χ0v) is 12.2. The van der Waals surface area contributed by atoms with Crippen molar-refractivity contribution in [2.24, 2.45) is 0 Å². The number of carbonyl (C=O) groups is 1. The van der Waals surface area contributed by atoms with Gasteiger partial charge in [-0.3, -0.25) is 14.7 Å². The molecule has 0 saturated carbocycles. The molecule has 7 heteroatoms. The van der Waals surface area contributed by atoms with E-state index < -0.39 is 0 Å². The molecular formula is C14H19N5O2. The molecule has 1 saturated heterocycles. The number of aryl methyl sites for hydroxylation is 2. The van der Waals surface area contributed by atoms with Crippen LogP contribution in [0.5, 0.6) is 0 Å². The summed E-state index contributed by atoms with van der Waals surface area (Å²) in [7, 11) is 0. The van der Waals surface area contributed by atoms with Crippen molar-refractivity contribution in [2.75, 3.05) is 6.54 Å². The number of hydrogen-bond donors (Lipinski definition) is 3. The first-order valence-electron chi connectivity index (χ1n) is 7.15. The maximum atomic E-state index is 12.1. The van der Waals surface area contributed by atoms with Crippen LogP contribution in [0.15, 0.2) is 10.9 Å². The van der Waals surface area contributed by atoms with Gasteiger partial charge in [-0.05, 0) is 33.2 Å². The Hall–Kier alpha value is -2.15. The molecule has 1 atom stereocenters. The van der Waals surface area contributed by atoms with Crippen molar-refractivity contribution in [3.05, 3.63) is 33.4 Å². The van der Waals surface area contributed by atoms with Crippen LogP contribution >= 0.6 is 0 Å². The van der Waals surface area contributed by atoms with E-state index >= 15 is 0 Å². The largest absolute Gasteiger partial charge is 0.351 e. The number of fused-ring (bicyclic) bond motifs is 1. The smallest absolute Gasteiger partial charge is 0.266 e. The summed E-state index contributed by atoms with van der Waals surface area (Å²) in [4.78, 5) is 27.9. The third-order valence-electron chi connectivity index (χ3n) is 4.02. The van der Waals surface area contributed by atoms with Crippen LogP contribution in [-0.4, -0.2) is 33.1 Å². The number of aromatic nitrogens is 3. The first-order chi connectivity index (χ1) is 10.1. The van der Waals surface area contributed by atoms with E-state index in [2.05, 4.69) is 20.7 Å². The Morgan fingerprint density at radius 3 is 3.05 bits per heavy atom. The summed E-state index contributed by atoms with van der Waals surface area (Å²) in [5, 5.41) is 8.83. The van der Waals surface area contributed by atoms with Crippen molar-refractivity contribution in [1.29, 1.82) is 0 Å². The van der Waals surface area contributed by atoms with Gasteiger partial charge in [-0.2, -0.15) is 0 Å². The van der Waals surface area contributed by atoms with Gasteiger partial charge in [0.25, 0.3) is 5.56 Å². The Morgan fingerprint density at radius 2 is 2.33 bits per heavy atom. The minimum Gasteiger partial charge on any atom is -0.351 e. The molecule has 1 aliphatic rings. The maximum Gasteiger partial charge on any atom is 0.266 e. The molecule has 0 unspecified atom stereocenters. The monoisotopic (exact) mass is 289 g/mol. The predicted molar refractivity (Wildman–Crippen MR) is 78.2 cm³/mol. The molecule has 3 heterocycles. The molecule has 3 rings (SSSR count). The van der Waals surface area contributed by atoms with Crippen molar-refractivity contribution in [2.45, 2.75) is 39.3 Å². The number of nitrogens with zero attached hydrogens (tertiary/aromatic N) is 2. The standard InChI is InChI=1S/C14H19N5O2/c1-8-10(7-16-14(21)11-4-3-5-15-11)9(2)19-12(17-8)6-13(20)18-19/h6,11,15H,3-5,7H2,1-2H3,(H,16,21)(H,18,20)/t11-/m1/s1. The lowest BCUT2D eigenvalue weighted by molar-refractivity contribution is -0.122. The predicted octanol–water partition coefficient (Wildman–Crippen LogP) is 0.00764. The lowest BCUT2D eigenvalue weighted by Crippen LogP contribution is -2.40. The van der Waals surface area contributed by atoms with E-state index in [0.29, 0.717) is 12.2 Å². The number of aromatic amines is 1. The molecule has 0 aliphatic carbocycles. The van der Waals surface area contributed by atoms with Gasteiger partial charge >= 0.3 is 0 Å². The van der Waals surface area contributed by atoms with Gasteiger partial charge < -0.3 is 10.6 Å². The molecule has 21 heavy (non-hydrogen) atoms. The van der Waals surface area contributed by atoms with Crippen molar-refractivity contribution in [3.8, 4) is 0 Å².